The van der Waals surface area contributed by atoms with Crippen LogP contribution in [-0.2, 0) is 17.5 Å². The highest BCUT2D eigenvalue weighted by Gasteiger charge is 2.29. The van der Waals surface area contributed by atoms with Crippen molar-refractivity contribution in [2.45, 2.75) is 26.1 Å². The van der Waals surface area contributed by atoms with Gasteiger partial charge in [0, 0.05) is 26.0 Å². The van der Waals surface area contributed by atoms with E-state index in [0.717, 1.165) is 30.7 Å². The summed E-state index contributed by atoms with van der Waals surface area (Å²) in [6, 6.07) is 12.4. The van der Waals surface area contributed by atoms with Crippen LogP contribution >= 0.6 is 0 Å². The lowest BCUT2D eigenvalue weighted by Gasteiger charge is -2.09. The van der Waals surface area contributed by atoms with Crippen LogP contribution < -0.4 is 4.74 Å². The fourth-order valence-corrected chi connectivity index (χ4v) is 2.18. The maximum absolute atomic E-state index is 12.5. The molecule has 0 saturated carbocycles. The molecule has 0 bridgehead atoms. The molecule has 26 heavy (non-hydrogen) atoms. The molecule has 0 atom stereocenters. The molecule has 0 radical (unpaired) electrons. The predicted octanol–water partition coefficient (Wildman–Crippen LogP) is 5.13. The second-order valence-electron chi connectivity index (χ2n) is 5.64. The van der Waals surface area contributed by atoms with Crippen LogP contribution in [0.15, 0.2) is 53.5 Å². The minimum absolute atomic E-state index is 0.211. The Bertz CT molecular complexity index is 680. The van der Waals surface area contributed by atoms with Crippen molar-refractivity contribution in [3.63, 3.8) is 0 Å². The standard InChI is InChI=1S/C20H22F3NO2/c1-2-25-13-3-12-24-14-16-6-10-19(11-7-16)26-15-17-4-8-18(9-5-17)20(21,22)23/h4-11,14H,2-3,12-13,15H2,1H3. The quantitative estimate of drug-likeness (QED) is 0.456. The summed E-state index contributed by atoms with van der Waals surface area (Å²) in [4.78, 5) is 4.33. The largest absolute Gasteiger partial charge is 0.489 e. The molecule has 0 spiro atoms. The van der Waals surface area contributed by atoms with Crippen LogP contribution in [0, 0.1) is 0 Å². The van der Waals surface area contributed by atoms with Crippen molar-refractivity contribution < 1.29 is 22.6 Å². The molecule has 2 aromatic carbocycles. The highest BCUT2D eigenvalue weighted by Crippen LogP contribution is 2.29. The average molecular weight is 365 g/mol. The van der Waals surface area contributed by atoms with Crippen LogP contribution in [0.25, 0.3) is 0 Å². The van der Waals surface area contributed by atoms with Crippen molar-refractivity contribution >= 4 is 6.21 Å². The second-order valence-corrected chi connectivity index (χ2v) is 5.64. The summed E-state index contributed by atoms with van der Waals surface area (Å²) in [5.74, 6) is 0.651. The van der Waals surface area contributed by atoms with Gasteiger partial charge in [-0.1, -0.05) is 12.1 Å². The highest BCUT2D eigenvalue weighted by molar-refractivity contribution is 5.79. The van der Waals surface area contributed by atoms with Crippen molar-refractivity contribution in [3.05, 3.63) is 65.2 Å². The number of nitrogens with zero attached hydrogens (tertiary/aromatic N) is 1. The molecule has 0 saturated heterocycles. The SMILES string of the molecule is CCOCCCN=Cc1ccc(OCc2ccc(C(F)(F)F)cc2)cc1. The molecule has 6 heteroatoms. The summed E-state index contributed by atoms with van der Waals surface area (Å²) >= 11 is 0. The van der Waals surface area contributed by atoms with Crippen molar-refractivity contribution in [2.75, 3.05) is 19.8 Å². The molecule has 2 rings (SSSR count). The summed E-state index contributed by atoms with van der Waals surface area (Å²) in [7, 11) is 0. The molecule has 0 amide bonds. The second kappa shape index (κ2) is 9.97. The molecule has 0 unspecified atom stereocenters. The number of aliphatic imine (C=N–C) groups is 1. The zero-order valence-corrected chi connectivity index (χ0v) is 14.6. The Balaban J connectivity index is 1.79. The van der Waals surface area contributed by atoms with Gasteiger partial charge in [0.05, 0.1) is 5.56 Å². The molecule has 140 valence electrons. The predicted molar refractivity (Wildman–Crippen MR) is 95.8 cm³/mol. The summed E-state index contributed by atoms with van der Waals surface area (Å²) in [5, 5.41) is 0. The summed E-state index contributed by atoms with van der Waals surface area (Å²) in [6.45, 7) is 4.32. The number of alkyl halides is 3. The lowest BCUT2D eigenvalue weighted by molar-refractivity contribution is -0.137. The van der Waals surface area contributed by atoms with E-state index >= 15 is 0 Å². The maximum Gasteiger partial charge on any atom is 0.416 e. The lowest BCUT2D eigenvalue weighted by Crippen LogP contribution is -2.05. The third kappa shape index (κ3) is 6.88. The van der Waals surface area contributed by atoms with Crippen LogP contribution in [0.2, 0.25) is 0 Å². The first kappa shape index (κ1) is 20.0. The molecule has 0 aliphatic heterocycles. The zero-order valence-electron chi connectivity index (χ0n) is 14.6. The van der Waals surface area contributed by atoms with Gasteiger partial charge in [-0.15, -0.1) is 0 Å². The normalized spacial score (nSPS) is 11.8. The van der Waals surface area contributed by atoms with Crippen molar-refractivity contribution in [1.29, 1.82) is 0 Å². The third-order valence-electron chi connectivity index (χ3n) is 3.59. The Morgan fingerprint density at radius 2 is 1.69 bits per heavy atom. The van der Waals surface area contributed by atoms with E-state index in [0.29, 0.717) is 24.5 Å². The van der Waals surface area contributed by atoms with Gasteiger partial charge in [-0.3, -0.25) is 4.99 Å². The highest BCUT2D eigenvalue weighted by atomic mass is 19.4. The number of hydrogen-bond acceptors (Lipinski definition) is 3. The van der Waals surface area contributed by atoms with E-state index in [1.807, 2.05) is 31.2 Å². The van der Waals surface area contributed by atoms with Crippen molar-refractivity contribution in [1.82, 2.24) is 0 Å². The number of ether oxygens (including phenoxy) is 2. The monoisotopic (exact) mass is 365 g/mol. The number of rotatable bonds is 9. The first-order valence-corrected chi connectivity index (χ1v) is 8.45. The minimum Gasteiger partial charge on any atom is -0.489 e. The maximum atomic E-state index is 12.5. The van der Waals surface area contributed by atoms with Gasteiger partial charge in [0.1, 0.15) is 12.4 Å². The zero-order chi connectivity index (χ0) is 18.8. The van der Waals surface area contributed by atoms with Crippen LogP contribution in [0.4, 0.5) is 13.2 Å². The fourth-order valence-electron chi connectivity index (χ4n) is 2.18. The van der Waals surface area contributed by atoms with Gasteiger partial charge in [-0.2, -0.15) is 13.2 Å². The van der Waals surface area contributed by atoms with E-state index in [1.54, 1.807) is 6.21 Å². The third-order valence-corrected chi connectivity index (χ3v) is 3.59. The smallest absolute Gasteiger partial charge is 0.416 e. The van der Waals surface area contributed by atoms with E-state index in [4.69, 9.17) is 9.47 Å². The first-order valence-electron chi connectivity index (χ1n) is 8.45. The van der Waals surface area contributed by atoms with E-state index in [9.17, 15) is 13.2 Å². The first-order chi connectivity index (χ1) is 12.5. The molecule has 2 aromatic rings. The summed E-state index contributed by atoms with van der Waals surface area (Å²) in [6.07, 6.45) is -1.63. The molecule has 0 aliphatic carbocycles. The molecule has 0 heterocycles. The molecule has 0 aliphatic rings. The molecular weight excluding hydrogens is 343 g/mol. The Hall–Kier alpha value is -2.34. The van der Waals surface area contributed by atoms with Gasteiger partial charge >= 0.3 is 6.18 Å². The van der Waals surface area contributed by atoms with Crippen LogP contribution in [-0.4, -0.2) is 26.0 Å². The molecule has 3 nitrogen and oxygen atoms in total. The fraction of sp³-hybridized carbons (Fsp3) is 0.350. The lowest BCUT2D eigenvalue weighted by atomic mass is 10.1. The van der Waals surface area contributed by atoms with Gasteiger partial charge < -0.3 is 9.47 Å². The van der Waals surface area contributed by atoms with Crippen molar-refractivity contribution in [3.8, 4) is 5.75 Å². The van der Waals surface area contributed by atoms with Crippen LogP contribution in [0.1, 0.15) is 30.0 Å². The summed E-state index contributed by atoms with van der Waals surface area (Å²) in [5.41, 5.74) is 0.979. The van der Waals surface area contributed by atoms with E-state index in [1.165, 1.54) is 12.1 Å². The van der Waals surface area contributed by atoms with Gasteiger partial charge in [0.25, 0.3) is 0 Å². The minimum atomic E-state index is -4.32. The van der Waals surface area contributed by atoms with Gasteiger partial charge in [0.2, 0.25) is 0 Å². The van der Waals surface area contributed by atoms with Crippen LogP contribution in [0.3, 0.4) is 0 Å². The Morgan fingerprint density at radius 1 is 1.00 bits per heavy atom. The van der Waals surface area contributed by atoms with E-state index in [-0.39, 0.29) is 6.61 Å². The van der Waals surface area contributed by atoms with Gasteiger partial charge in [0.15, 0.2) is 0 Å². The Labute approximate surface area is 151 Å². The molecule has 0 fully saturated rings. The summed E-state index contributed by atoms with van der Waals surface area (Å²) < 4.78 is 48.4. The van der Waals surface area contributed by atoms with Gasteiger partial charge in [-0.25, -0.2) is 0 Å². The van der Waals surface area contributed by atoms with Crippen molar-refractivity contribution in [2.24, 2.45) is 4.99 Å². The Morgan fingerprint density at radius 3 is 2.31 bits per heavy atom. The van der Waals surface area contributed by atoms with Gasteiger partial charge in [-0.05, 0) is 60.9 Å². The number of benzene rings is 2. The van der Waals surface area contributed by atoms with Crippen LogP contribution in [0.5, 0.6) is 5.75 Å². The number of hydrogen-bond donors (Lipinski definition) is 0. The topological polar surface area (TPSA) is 30.8 Å². The molecular formula is C20H22F3NO2. The average Bonchev–Trinajstić information content (AvgIpc) is 2.63. The molecule has 0 aromatic heterocycles. The number of halogens is 3. The van der Waals surface area contributed by atoms with E-state index < -0.39 is 11.7 Å². The Kier molecular flexibility index (Phi) is 7.66. The van der Waals surface area contributed by atoms with E-state index in [2.05, 4.69) is 4.99 Å². The molecule has 0 N–H and O–H groups in total.